The molecule has 1 N–H and O–H groups in total. The standard InChI is InChI=1S/C23H20N2OS/c1-15-12-13-18-10-6-7-11-19(18)21(15)27-23-24-20(16(2)22(26)25-23)14-17-8-4-3-5-9-17/h3-13H,14H2,1-2H3,(H,24,25,26). The van der Waals surface area contributed by atoms with E-state index in [0.29, 0.717) is 17.1 Å². The number of nitrogens with zero attached hydrogens (tertiary/aromatic N) is 1. The van der Waals surface area contributed by atoms with E-state index >= 15 is 0 Å². The van der Waals surface area contributed by atoms with Crippen LogP contribution in [0.4, 0.5) is 0 Å². The number of fused-ring (bicyclic) bond motifs is 1. The van der Waals surface area contributed by atoms with Crippen LogP contribution < -0.4 is 5.56 Å². The number of hydrogen-bond donors (Lipinski definition) is 1. The van der Waals surface area contributed by atoms with Crippen LogP contribution in [0.5, 0.6) is 0 Å². The Bertz CT molecular complexity index is 1170. The van der Waals surface area contributed by atoms with Crippen molar-refractivity contribution < 1.29 is 0 Å². The van der Waals surface area contributed by atoms with E-state index in [1.807, 2.05) is 37.3 Å². The molecule has 0 aliphatic rings. The minimum atomic E-state index is -0.0729. The quantitative estimate of drug-likeness (QED) is 0.496. The van der Waals surface area contributed by atoms with Gasteiger partial charge < -0.3 is 4.98 Å². The third-order valence-corrected chi connectivity index (χ3v) is 5.85. The maximum atomic E-state index is 12.5. The molecule has 0 unspecified atom stereocenters. The van der Waals surface area contributed by atoms with Crippen LogP contribution in [-0.2, 0) is 6.42 Å². The SMILES string of the molecule is Cc1ccc2ccccc2c1Sc1nc(Cc2ccccc2)c(C)c(=O)[nH]1. The average Bonchev–Trinajstić information content (AvgIpc) is 2.69. The molecule has 3 nitrogen and oxygen atoms in total. The number of rotatable bonds is 4. The zero-order chi connectivity index (χ0) is 18.8. The summed E-state index contributed by atoms with van der Waals surface area (Å²) in [6, 6.07) is 22.7. The Kier molecular flexibility index (Phi) is 4.82. The fraction of sp³-hybridized carbons (Fsp3) is 0.130. The van der Waals surface area contributed by atoms with Crippen LogP contribution in [0.2, 0.25) is 0 Å². The van der Waals surface area contributed by atoms with Gasteiger partial charge in [0.2, 0.25) is 0 Å². The highest BCUT2D eigenvalue weighted by Crippen LogP contribution is 2.34. The van der Waals surface area contributed by atoms with Gasteiger partial charge in [0.25, 0.3) is 5.56 Å². The lowest BCUT2D eigenvalue weighted by molar-refractivity contribution is 0.858. The molecule has 4 aromatic rings. The van der Waals surface area contributed by atoms with Gasteiger partial charge in [0.1, 0.15) is 0 Å². The van der Waals surface area contributed by atoms with E-state index in [-0.39, 0.29) is 5.56 Å². The molecule has 0 radical (unpaired) electrons. The van der Waals surface area contributed by atoms with Crippen molar-refractivity contribution in [1.82, 2.24) is 9.97 Å². The summed E-state index contributed by atoms with van der Waals surface area (Å²) in [6.45, 7) is 3.92. The van der Waals surface area contributed by atoms with Gasteiger partial charge in [0.15, 0.2) is 5.16 Å². The minimum absolute atomic E-state index is 0.0729. The van der Waals surface area contributed by atoms with Gasteiger partial charge in [-0.05, 0) is 35.7 Å². The Balaban J connectivity index is 1.75. The second-order valence-electron chi connectivity index (χ2n) is 6.64. The first-order chi connectivity index (χ1) is 13.1. The Morgan fingerprint density at radius 2 is 1.67 bits per heavy atom. The van der Waals surface area contributed by atoms with Crippen molar-refractivity contribution >= 4 is 22.5 Å². The van der Waals surface area contributed by atoms with Gasteiger partial charge in [0.05, 0.1) is 5.69 Å². The second-order valence-corrected chi connectivity index (χ2v) is 7.64. The first-order valence-electron chi connectivity index (χ1n) is 8.92. The predicted molar refractivity (Wildman–Crippen MR) is 112 cm³/mol. The summed E-state index contributed by atoms with van der Waals surface area (Å²) in [5, 5.41) is 3.00. The number of aromatic amines is 1. The highest BCUT2D eigenvalue weighted by molar-refractivity contribution is 7.99. The fourth-order valence-corrected chi connectivity index (χ4v) is 4.17. The van der Waals surface area contributed by atoms with Crippen molar-refractivity contribution in [2.75, 3.05) is 0 Å². The van der Waals surface area contributed by atoms with Crippen molar-refractivity contribution in [1.29, 1.82) is 0 Å². The summed E-state index contributed by atoms with van der Waals surface area (Å²) in [7, 11) is 0. The summed E-state index contributed by atoms with van der Waals surface area (Å²) in [6.07, 6.45) is 0.651. The molecular formula is C23H20N2OS. The molecule has 0 bridgehead atoms. The molecular weight excluding hydrogens is 352 g/mol. The van der Waals surface area contributed by atoms with Gasteiger partial charge in [-0.1, -0.05) is 78.5 Å². The molecule has 27 heavy (non-hydrogen) atoms. The van der Waals surface area contributed by atoms with E-state index in [1.54, 1.807) is 0 Å². The molecule has 0 spiro atoms. The van der Waals surface area contributed by atoms with E-state index in [1.165, 1.54) is 28.1 Å². The number of H-pyrrole nitrogens is 1. The molecule has 4 rings (SSSR count). The maximum Gasteiger partial charge on any atom is 0.254 e. The van der Waals surface area contributed by atoms with Crippen molar-refractivity contribution in [2.24, 2.45) is 0 Å². The first-order valence-corrected chi connectivity index (χ1v) is 9.73. The van der Waals surface area contributed by atoms with Gasteiger partial charge in [-0.25, -0.2) is 4.98 Å². The van der Waals surface area contributed by atoms with Crippen LogP contribution in [0.1, 0.15) is 22.4 Å². The van der Waals surface area contributed by atoms with Crippen molar-refractivity contribution in [2.45, 2.75) is 30.3 Å². The topological polar surface area (TPSA) is 45.8 Å². The Morgan fingerprint density at radius 3 is 2.48 bits per heavy atom. The lowest BCUT2D eigenvalue weighted by Crippen LogP contribution is -2.16. The third-order valence-electron chi connectivity index (χ3n) is 4.72. The number of nitrogens with one attached hydrogen (secondary N) is 1. The molecule has 134 valence electrons. The molecule has 0 aliphatic carbocycles. The molecule has 4 heteroatoms. The van der Waals surface area contributed by atoms with E-state index in [2.05, 4.69) is 48.3 Å². The van der Waals surface area contributed by atoms with Crippen LogP contribution >= 0.6 is 11.8 Å². The number of hydrogen-bond acceptors (Lipinski definition) is 3. The predicted octanol–water partition coefficient (Wildman–Crippen LogP) is 5.28. The summed E-state index contributed by atoms with van der Waals surface area (Å²) < 4.78 is 0. The third kappa shape index (κ3) is 3.67. The number of aromatic nitrogens is 2. The molecule has 0 aliphatic heterocycles. The average molecular weight is 372 g/mol. The van der Waals surface area contributed by atoms with Crippen LogP contribution in [0.3, 0.4) is 0 Å². The molecule has 0 atom stereocenters. The second kappa shape index (κ2) is 7.41. The summed E-state index contributed by atoms with van der Waals surface area (Å²) in [5.41, 5.74) is 3.75. The number of benzene rings is 3. The van der Waals surface area contributed by atoms with Crippen LogP contribution in [0.15, 0.2) is 81.6 Å². The van der Waals surface area contributed by atoms with Crippen LogP contribution in [0, 0.1) is 13.8 Å². The largest absolute Gasteiger partial charge is 0.301 e. The van der Waals surface area contributed by atoms with Gasteiger partial charge in [-0.3, -0.25) is 4.79 Å². The van der Waals surface area contributed by atoms with Gasteiger partial charge in [-0.15, -0.1) is 0 Å². The highest BCUT2D eigenvalue weighted by Gasteiger charge is 2.12. The molecule has 0 fully saturated rings. The molecule has 1 heterocycles. The zero-order valence-corrected chi connectivity index (χ0v) is 16.1. The van der Waals surface area contributed by atoms with Crippen LogP contribution in [-0.4, -0.2) is 9.97 Å². The Hall–Kier alpha value is -2.85. The molecule has 0 amide bonds. The molecule has 3 aromatic carbocycles. The number of aryl methyl sites for hydroxylation is 1. The first kappa shape index (κ1) is 17.6. The van der Waals surface area contributed by atoms with Crippen molar-refractivity contribution in [3.05, 3.63) is 99.5 Å². The highest BCUT2D eigenvalue weighted by atomic mass is 32.2. The van der Waals surface area contributed by atoms with Crippen LogP contribution in [0.25, 0.3) is 10.8 Å². The zero-order valence-electron chi connectivity index (χ0n) is 15.3. The van der Waals surface area contributed by atoms with E-state index in [9.17, 15) is 4.79 Å². The molecule has 0 saturated carbocycles. The lowest BCUT2D eigenvalue weighted by atomic mass is 10.1. The fourth-order valence-electron chi connectivity index (χ4n) is 3.15. The van der Waals surface area contributed by atoms with Crippen molar-refractivity contribution in [3.8, 4) is 0 Å². The summed E-state index contributed by atoms with van der Waals surface area (Å²) in [4.78, 5) is 21.3. The van der Waals surface area contributed by atoms with Gasteiger partial charge in [-0.2, -0.15) is 0 Å². The summed E-state index contributed by atoms with van der Waals surface area (Å²) >= 11 is 1.52. The monoisotopic (exact) mass is 372 g/mol. The van der Waals surface area contributed by atoms with Gasteiger partial charge in [0, 0.05) is 16.9 Å². The molecule has 0 saturated heterocycles. The lowest BCUT2D eigenvalue weighted by Gasteiger charge is -2.11. The van der Waals surface area contributed by atoms with E-state index < -0.39 is 0 Å². The van der Waals surface area contributed by atoms with Crippen molar-refractivity contribution in [3.63, 3.8) is 0 Å². The Morgan fingerprint density at radius 1 is 0.926 bits per heavy atom. The molecule has 1 aromatic heterocycles. The normalized spacial score (nSPS) is 11.0. The smallest absolute Gasteiger partial charge is 0.254 e. The Labute approximate surface area is 162 Å². The maximum absolute atomic E-state index is 12.5. The minimum Gasteiger partial charge on any atom is -0.301 e. The van der Waals surface area contributed by atoms with E-state index in [0.717, 1.165) is 16.2 Å². The van der Waals surface area contributed by atoms with Gasteiger partial charge >= 0.3 is 0 Å². The van der Waals surface area contributed by atoms with E-state index in [4.69, 9.17) is 4.98 Å². The summed E-state index contributed by atoms with van der Waals surface area (Å²) in [5.74, 6) is 0.